The smallest absolute Gasteiger partial charge is 0.338 e. The Hall–Kier alpha value is -4.70. The standard InChI is InChI=1S/C31H35N5O5/c1-3-41-31(39)25-9-8-22(20-28(37)23-6-4-7-24(18-23)29(32)34-40)27(19-25)33-30(38)21-10-12-26(13-11-21)36-15-5-14-35(2)16-17-36/h4,6-13,18-19,40H,3,5,14-17,20H2,1-2H3,(H2,32,34)(H,33,38). The second kappa shape index (κ2) is 13.6. The number of likely N-dealkylation sites (N-methyl/N-ethyl adjacent to an activating group) is 1. The van der Waals surface area contributed by atoms with Crippen LogP contribution in [0.25, 0.3) is 0 Å². The van der Waals surface area contributed by atoms with Crippen LogP contribution in [0.2, 0.25) is 0 Å². The number of carbonyl (C=O) groups excluding carboxylic acids is 3. The van der Waals surface area contributed by atoms with Gasteiger partial charge in [0.2, 0.25) is 0 Å². The molecule has 1 fully saturated rings. The van der Waals surface area contributed by atoms with Crippen molar-refractivity contribution >= 4 is 34.9 Å². The molecular formula is C31H35N5O5. The summed E-state index contributed by atoms with van der Waals surface area (Å²) < 4.78 is 5.13. The van der Waals surface area contributed by atoms with Crippen LogP contribution in [0.4, 0.5) is 11.4 Å². The van der Waals surface area contributed by atoms with Crippen molar-refractivity contribution in [3.8, 4) is 0 Å². The Morgan fingerprint density at radius 3 is 2.39 bits per heavy atom. The molecule has 1 aliphatic rings. The van der Waals surface area contributed by atoms with Crippen molar-refractivity contribution in [3.05, 3.63) is 94.5 Å². The van der Waals surface area contributed by atoms with Gasteiger partial charge in [0.25, 0.3) is 5.91 Å². The zero-order valence-electron chi connectivity index (χ0n) is 23.3. The van der Waals surface area contributed by atoms with Gasteiger partial charge in [0.05, 0.1) is 12.2 Å². The van der Waals surface area contributed by atoms with Gasteiger partial charge in [-0.1, -0.05) is 29.4 Å². The molecule has 4 rings (SSSR count). The van der Waals surface area contributed by atoms with Crippen LogP contribution in [0.1, 0.15) is 55.5 Å². The predicted molar refractivity (Wildman–Crippen MR) is 158 cm³/mol. The SMILES string of the molecule is CCOC(=O)c1ccc(CC(=O)c2cccc(/C(N)=N/O)c2)c(NC(=O)c2ccc(N3CCCN(C)CC3)cc2)c1. The summed E-state index contributed by atoms with van der Waals surface area (Å²) in [7, 11) is 2.12. The molecule has 3 aromatic carbocycles. The van der Waals surface area contributed by atoms with Crippen molar-refractivity contribution in [2.45, 2.75) is 19.8 Å². The highest BCUT2D eigenvalue weighted by Crippen LogP contribution is 2.23. The van der Waals surface area contributed by atoms with Gasteiger partial charge in [-0.25, -0.2) is 4.79 Å². The molecule has 1 saturated heterocycles. The number of oxime groups is 1. The van der Waals surface area contributed by atoms with E-state index in [1.54, 1.807) is 49.4 Å². The summed E-state index contributed by atoms with van der Waals surface area (Å²) in [6.07, 6.45) is 1.02. The van der Waals surface area contributed by atoms with Crippen LogP contribution in [0, 0.1) is 0 Å². The number of Topliss-reactive ketones (excluding diaryl/α,β-unsaturated/α-hetero) is 1. The fourth-order valence-corrected chi connectivity index (χ4v) is 4.70. The number of esters is 1. The summed E-state index contributed by atoms with van der Waals surface area (Å²) in [5, 5.41) is 14.8. The van der Waals surface area contributed by atoms with Gasteiger partial charge in [-0.3, -0.25) is 9.59 Å². The number of anilines is 2. The molecule has 0 saturated carbocycles. The normalized spacial score (nSPS) is 14.3. The highest BCUT2D eigenvalue weighted by atomic mass is 16.5. The molecule has 3 aromatic rings. The monoisotopic (exact) mass is 557 g/mol. The third-order valence-electron chi connectivity index (χ3n) is 7.02. The number of carbonyl (C=O) groups is 3. The number of hydrogen-bond acceptors (Lipinski definition) is 8. The van der Waals surface area contributed by atoms with Gasteiger partial charge in [0, 0.05) is 54.1 Å². The van der Waals surface area contributed by atoms with E-state index in [0.29, 0.717) is 27.9 Å². The fourth-order valence-electron chi connectivity index (χ4n) is 4.70. The zero-order valence-corrected chi connectivity index (χ0v) is 23.3. The molecule has 1 heterocycles. The molecule has 214 valence electrons. The molecule has 0 aliphatic carbocycles. The van der Waals surface area contributed by atoms with E-state index < -0.39 is 5.97 Å². The lowest BCUT2D eigenvalue weighted by Gasteiger charge is -2.23. The summed E-state index contributed by atoms with van der Waals surface area (Å²) in [6, 6.07) is 18.6. The lowest BCUT2D eigenvalue weighted by Crippen LogP contribution is -2.28. The number of nitrogens with zero attached hydrogens (tertiary/aromatic N) is 3. The number of hydrogen-bond donors (Lipinski definition) is 3. The van der Waals surface area contributed by atoms with E-state index in [0.717, 1.165) is 38.3 Å². The summed E-state index contributed by atoms with van der Waals surface area (Å²) in [5.41, 5.74) is 9.06. The van der Waals surface area contributed by atoms with Gasteiger partial charge in [0.1, 0.15) is 0 Å². The first-order valence-electron chi connectivity index (χ1n) is 13.5. The predicted octanol–water partition coefficient (Wildman–Crippen LogP) is 3.78. The van der Waals surface area contributed by atoms with Gasteiger partial charge >= 0.3 is 5.97 Å². The first-order chi connectivity index (χ1) is 19.8. The Bertz CT molecular complexity index is 1440. The zero-order chi connectivity index (χ0) is 29.4. The molecule has 0 radical (unpaired) electrons. The lowest BCUT2D eigenvalue weighted by molar-refractivity contribution is 0.0526. The van der Waals surface area contributed by atoms with Crippen LogP contribution in [0.15, 0.2) is 71.9 Å². The first kappa shape index (κ1) is 29.3. The van der Waals surface area contributed by atoms with Crippen LogP contribution in [-0.4, -0.2) is 73.4 Å². The Kier molecular flexibility index (Phi) is 9.70. The van der Waals surface area contributed by atoms with Gasteiger partial charge in [-0.15, -0.1) is 0 Å². The highest BCUT2D eigenvalue weighted by molar-refractivity contribution is 6.07. The van der Waals surface area contributed by atoms with Crippen LogP contribution in [0.3, 0.4) is 0 Å². The maximum Gasteiger partial charge on any atom is 0.338 e. The van der Waals surface area contributed by atoms with E-state index in [1.807, 2.05) is 12.1 Å². The second-order valence-corrected chi connectivity index (χ2v) is 9.90. The molecule has 0 unspecified atom stereocenters. The summed E-state index contributed by atoms with van der Waals surface area (Å²) >= 11 is 0. The molecule has 1 aliphatic heterocycles. The van der Waals surface area contributed by atoms with Crippen molar-refractivity contribution in [2.75, 3.05) is 50.1 Å². The molecular weight excluding hydrogens is 522 g/mol. The topological polar surface area (TPSA) is 138 Å². The molecule has 41 heavy (non-hydrogen) atoms. The molecule has 10 nitrogen and oxygen atoms in total. The van der Waals surface area contributed by atoms with Crippen molar-refractivity contribution in [1.29, 1.82) is 0 Å². The van der Waals surface area contributed by atoms with E-state index in [4.69, 9.17) is 15.7 Å². The highest BCUT2D eigenvalue weighted by Gasteiger charge is 2.18. The number of amides is 1. The Morgan fingerprint density at radius 2 is 1.66 bits per heavy atom. The maximum absolute atomic E-state index is 13.3. The average Bonchev–Trinajstić information content (AvgIpc) is 3.22. The number of rotatable bonds is 9. The van der Waals surface area contributed by atoms with Crippen molar-refractivity contribution in [1.82, 2.24) is 4.90 Å². The molecule has 4 N–H and O–H groups in total. The minimum Gasteiger partial charge on any atom is -0.462 e. The quantitative estimate of drug-likeness (QED) is 0.0903. The third kappa shape index (κ3) is 7.49. The third-order valence-corrected chi connectivity index (χ3v) is 7.02. The van der Waals surface area contributed by atoms with Gasteiger partial charge in [-0.2, -0.15) is 0 Å². The van der Waals surface area contributed by atoms with E-state index in [9.17, 15) is 14.4 Å². The number of nitrogens with one attached hydrogen (secondary N) is 1. The first-order valence-corrected chi connectivity index (χ1v) is 13.5. The minimum atomic E-state index is -0.528. The fraction of sp³-hybridized carbons (Fsp3) is 0.290. The number of ketones is 1. The maximum atomic E-state index is 13.3. The second-order valence-electron chi connectivity index (χ2n) is 9.90. The Balaban J connectivity index is 1.56. The van der Waals surface area contributed by atoms with Crippen molar-refractivity contribution in [3.63, 3.8) is 0 Å². The molecule has 0 spiro atoms. The Morgan fingerprint density at radius 1 is 0.927 bits per heavy atom. The number of amidine groups is 1. The molecule has 0 atom stereocenters. The molecule has 0 aromatic heterocycles. The minimum absolute atomic E-state index is 0.0549. The number of benzene rings is 3. The van der Waals surface area contributed by atoms with Gasteiger partial charge in [0.15, 0.2) is 11.6 Å². The number of nitrogens with two attached hydrogens (primary N) is 1. The van der Waals surface area contributed by atoms with Gasteiger partial charge in [-0.05, 0) is 75.0 Å². The molecule has 0 bridgehead atoms. The van der Waals surface area contributed by atoms with Crippen LogP contribution in [0.5, 0.6) is 0 Å². The largest absolute Gasteiger partial charge is 0.462 e. The van der Waals surface area contributed by atoms with E-state index >= 15 is 0 Å². The van der Waals surface area contributed by atoms with Gasteiger partial charge < -0.3 is 30.8 Å². The van der Waals surface area contributed by atoms with Crippen molar-refractivity contribution < 1.29 is 24.3 Å². The van der Waals surface area contributed by atoms with Crippen LogP contribution in [-0.2, 0) is 11.2 Å². The Labute approximate surface area is 239 Å². The summed E-state index contributed by atoms with van der Waals surface area (Å²) in [5.74, 6) is -1.25. The summed E-state index contributed by atoms with van der Waals surface area (Å²) in [4.78, 5) is 43.5. The number of ether oxygens (including phenoxy) is 1. The van der Waals surface area contributed by atoms with E-state index in [-0.39, 0.29) is 36.1 Å². The summed E-state index contributed by atoms with van der Waals surface area (Å²) in [6.45, 7) is 5.83. The van der Waals surface area contributed by atoms with Crippen LogP contribution < -0.4 is 16.0 Å². The lowest BCUT2D eigenvalue weighted by atomic mass is 9.98. The average molecular weight is 558 g/mol. The van der Waals surface area contributed by atoms with E-state index in [1.165, 1.54) is 12.1 Å². The molecule has 10 heteroatoms. The van der Waals surface area contributed by atoms with E-state index in [2.05, 4.69) is 27.3 Å². The van der Waals surface area contributed by atoms with Crippen molar-refractivity contribution in [2.24, 2.45) is 10.9 Å². The molecule has 1 amide bonds. The van der Waals surface area contributed by atoms with Crippen LogP contribution >= 0.6 is 0 Å².